The van der Waals surface area contributed by atoms with E-state index in [1.54, 1.807) is 6.07 Å². The molecule has 16 heavy (non-hydrogen) atoms. The maximum atomic E-state index is 12.1. The number of rotatable bonds is 2. The average Bonchev–Trinajstić information content (AvgIpc) is 2.00. The van der Waals surface area contributed by atoms with E-state index in [0.29, 0.717) is 0 Å². The number of nitrogens with zero attached hydrogens (tertiary/aromatic N) is 1. The summed E-state index contributed by atoms with van der Waals surface area (Å²) in [5, 5.41) is 0. The minimum atomic E-state index is -4.79. The van der Waals surface area contributed by atoms with Gasteiger partial charge in [-0.25, -0.2) is 0 Å². The molecule has 1 aromatic heterocycles. The second kappa shape index (κ2) is 6.00. The van der Waals surface area contributed by atoms with Crippen LogP contribution in [0.4, 0.5) is 12.9 Å². The normalized spacial score (nSPS) is 12.1. The van der Waals surface area contributed by atoms with Crippen molar-refractivity contribution < 1.29 is 64.3 Å². The van der Waals surface area contributed by atoms with Crippen molar-refractivity contribution in [3.05, 3.63) is 29.6 Å². The summed E-state index contributed by atoms with van der Waals surface area (Å²) in [7, 11) is 0. The first kappa shape index (κ1) is 16.6. The van der Waals surface area contributed by atoms with Crippen molar-refractivity contribution in [3.8, 4) is 0 Å². The summed E-state index contributed by atoms with van der Waals surface area (Å²) in [4.78, 5) is 3.83. The van der Waals surface area contributed by atoms with Gasteiger partial charge in [0.05, 0.1) is 0 Å². The molecule has 0 aliphatic heterocycles. The Kier molecular flexibility index (Phi) is 6.24. The molecule has 1 heterocycles. The Morgan fingerprint density at radius 1 is 1.19 bits per heavy atom. The van der Waals surface area contributed by atoms with E-state index < -0.39 is 13.3 Å². The molecule has 0 aliphatic rings. The third-order valence-electron chi connectivity index (χ3n) is 2.13. The van der Waals surface area contributed by atoms with Crippen molar-refractivity contribution in [2.45, 2.75) is 32.5 Å². The molecule has 0 fully saturated rings. The Morgan fingerprint density at radius 2 is 1.75 bits per heavy atom. The summed E-state index contributed by atoms with van der Waals surface area (Å²) in [5.41, 5.74) is 0.964. The van der Waals surface area contributed by atoms with E-state index in [-0.39, 0.29) is 62.5 Å². The summed E-state index contributed by atoms with van der Waals surface area (Å²) in [5.74, 6) is 0. The van der Waals surface area contributed by atoms with Gasteiger partial charge in [-0.3, -0.25) is 4.98 Å². The standard InChI is InChI=1S/C10H14BF3N.K/c1-10(2,3)8-4-5-9(15-7-8)6-11(12,13)14;/h4-5,7H,6H2,1-3H3;/q-1;+1. The van der Waals surface area contributed by atoms with E-state index in [9.17, 15) is 12.9 Å². The second-order valence-corrected chi connectivity index (χ2v) is 4.70. The van der Waals surface area contributed by atoms with E-state index in [0.717, 1.165) is 5.56 Å². The van der Waals surface area contributed by atoms with Gasteiger partial charge in [0.1, 0.15) is 0 Å². The molecule has 0 N–H and O–H groups in total. The summed E-state index contributed by atoms with van der Waals surface area (Å²) in [6.45, 7) is 1.21. The van der Waals surface area contributed by atoms with Crippen molar-refractivity contribution in [1.82, 2.24) is 4.98 Å². The molecule has 0 bridgehead atoms. The molecule has 1 rings (SSSR count). The van der Waals surface area contributed by atoms with Gasteiger partial charge in [-0.05, 0) is 23.4 Å². The fourth-order valence-electron chi connectivity index (χ4n) is 1.23. The van der Waals surface area contributed by atoms with Crippen LogP contribution in [0.2, 0.25) is 0 Å². The number of halogens is 3. The minimum Gasteiger partial charge on any atom is -0.449 e. The maximum Gasteiger partial charge on any atom is 1.00 e. The summed E-state index contributed by atoms with van der Waals surface area (Å²) >= 11 is 0. The van der Waals surface area contributed by atoms with E-state index in [2.05, 4.69) is 4.98 Å². The van der Waals surface area contributed by atoms with Crippen LogP contribution in [-0.4, -0.2) is 12.0 Å². The fourth-order valence-corrected chi connectivity index (χ4v) is 1.23. The number of pyridine rings is 1. The van der Waals surface area contributed by atoms with E-state index >= 15 is 0 Å². The summed E-state index contributed by atoms with van der Waals surface area (Å²) < 4.78 is 36.3. The Balaban J connectivity index is 0.00000225. The second-order valence-electron chi connectivity index (χ2n) is 4.70. The van der Waals surface area contributed by atoms with Gasteiger partial charge < -0.3 is 12.9 Å². The van der Waals surface area contributed by atoms with Crippen molar-refractivity contribution in [1.29, 1.82) is 0 Å². The van der Waals surface area contributed by atoms with Gasteiger partial charge in [0.25, 0.3) is 0 Å². The molecule has 0 atom stereocenters. The first-order chi connectivity index (χ1) is 6.68. The third-order valence-corrected chi connectivity index (χ3v) is 2.13. The van der Waals surface area contributed by atoms with Crippen molar-refractivity contribution in [2.75, 3.05) is 0 Å². The molecule has 0 saturated carbocycles. The molecule has 84 valence electrons. The Labute approximate surface area is 137 Å². The fraction of sp³-hybridized carbons (Fsp3) is 0.500. The number of aromatic nitrogens is 1. The molecular weight excluding hydrogens is 241 g/mol. The predicted molar refractivity (Wildman–Crippen MR) is 55.7 cm³/mol. The number of hydrogen-bond donors (Lipinski definition) is 0. The van der Waals surface area contributed by atoms with Crippen LogP contribution in [0.1, 0.15) is 32.0 Å². The van der Waals surface area contributed by atoms with Crippen molar-refractivity contribution in [2.24, 2.45) is 0 Å². The SMILES string of the molecule is CC(C)(C)c1ccc(C[B-](F)(F)F)nc1.[K+]. The average molecular weight is 255 g/mol. The molecular formula is C10H14BF3KN. The summed E-state index contributed by atoms with van der Waals surface area (Å²) in [6.07, 6.45) is 0.627. The molecule has 0 saturated heterocycles. The Bertz CT molecular complexity index is 329. The quantitative estimate of drug-likeness (QED) is 0.693. The van der Waals surface area contributed by atoms with Crippen LogP contribution < -0.4 is 51.4 Å². The molecule has 0 aromatic carbocycles. The van der Waals surface area contributed by atoms with Gasteiger partial charge in [0.2, 0.25) is 0 Å². The van der Waals surface area contributed by atoms with Crippen LogP contribution >= 0.6 is 0 Å². The molecule has 0 unspecified atom stereocenters. The maximum absolute atomic E-state index is 12.1. The number of hydrogen-bond acceptors (Lipinski definition) is 1. The molecule has 0 spiro atoms. The molecule has 1 aromatic rings. The first-order valence-corrected chi connectivity index (χ1v) is 4.85. The van der Waals surface area contributed by atoms with Gasteiger partial charge in [-0.15, -0.1) is 0 Å². The van der Waals surface area contributed by atoms with Gasteiger partial charge in [-0.2, -0.15) is 0 Å². The van der Waals surface area contributed by atoms with E-state index in [1.807, 2.05) is 20.8 Å². The first-order valence-electron chi connectivity index (χ1n) is 4.85. The van der Waals surface area contributed by atoms with Crippen LogP contribution in [0, 0.1) is 0 Å². The van der Waals surface area contributed by atoms with Crippen LogP contribution in [0.5, 0.6) is 0 Å². The van der Waals surface area contributed by atoms with Crippen molar-refractivity contribution >= 4 is 6.98 Å². The predicted octanol–water partition coefficient (Wildman–Crippen LogP) is 0.312. The molecule has 0 amide bonds. The zero-order valence-corrected chi connectivity index (χ0v) is 13.2. The smallest absolute Gasteiger partial charge is 0.449 e. The van der Waals surface area contributed by atoms with Crippen LogP contribution in [0.25, 0.3) is 0 Å². The zero-order chi connectivity index (χ0) is 11.7. The topological polar surface area (TPSA) is 12.9 Å². The zero-order valence-electron chi connectivity index (χ0n) is 10.1. The van der Waals surface area contributed by atoms with Gasteiger partial charge >= 0.3 is 58.4 Å². The van der Waals surface area contributed by atoms with Gasteiger partial charge in [0.15, 0.2) is 0 Å². The monoisotopic (exact) mass is 255 g/mol. The Morgan fingerprint density at radius 3 is 2.06 bits per heavy atom. The third kappa shape index (κ3) is 5.82. The minimum absolute atomic E-state index is 0. The van der Waals surface area contributed by atoms with E-state index in [4.69, 9.17) is 0 Å². The molecule has 0 aliphatic carbocycles. The van der Waals surface area contributed by atoms with Crippen LogP contribution in [0.3, 0.4) is 0 Å². The molecule has 1 nitrogen and oxygen atoms in total. The molecule has 0 radical (unpaired) electrons. The van der Waals surface area contributed by atoms with Crippen molar-refractivity contribution in [3.63, 3.8) is 0 Å². The van der Waals surface area contributed by atoms with E-state index in [1.165, 1.54) is 12.3 Å². The van der Waals surface area contributed by atoms with Gasteiger partial charge in [0, 0.05) is 11.9 Å². The van der Waals surface area contributed by atoms with Crippen LogP contribution in [-0.2, 0) is 11.7 Å². The largest absolute Gasteiger partial charge is 1.00 e. The summed E-state index contributed by atoms with van der Waals surface area (Å²) in [6, 6.07) is 3.17. The Hall–Kier alpha value is 0.641. The molecule has 6 heteroatoms. The van der Waals surface area contributed by atoms with Gasteiger partial charge in [-0.1, -0.05) is 26.8 Å². The van der Waals surface area contributed by atoms with Crippen LogP contribution in [0.15, 0.2) is 18.3 Å².